The molecular formula is C64H104O31. The lowest BCUT2D eigenvalue weighted by molar-refractivity contribution is -0.381. The Morgan fingerprint density at radius 2 is 1.04 bits per heavy atom. The molecule has 95 heavy (non-hydrogen) atoms. The van der Waals surface area contributed by atoms with Crippen LogP contribution in [0.1, 0.15) is 113 Å². The van der Waals surface area contributed by atoms with Crippen LogP contribution in [0.4, 0.5) is 0 Å². The lowest BCUT2D eigenvalue weighted by Crippen LogP contribution is -2.69. The first-order valence-corrected chi connectivity index (χ1v) is 33.6. The van der Waals surface area contributed by atoms with Crippen LogP contribution >= 0.6 is 0 Å². The Balaban J connectivity index is 0.801. The molecule has 6 aliphatic heterocycles. The van der Waals surface area contributed by atoms with Gasteiger partial charge in [0.25, 0.3) is 0 Å². The first-order chi connectivity index (χ1) is 44.5. The summed E-state index contributed by atoms with van der Waals surface area (Å²) in [4.78, 5) is 15.6. The summed E-state index contributed by atoms with van der Waals surface area (Å²) in [5, 5.41) is 196. The smallest absolute Gasteiger partial charge is 0.315 e. The molecule has 5 aliphatic carbocycles. The third kappa shape index (κ3) is 12.8. The van der Waals surface area contributed by atoms with E-state index >= 15 is 4.79 Å². The highest BCUT2D eigenvalue weighted by Gasteiger charge is 2.71. The Hall–Kier alpha value is -1.95. The molecule has 6 saturated heterocycles. The minimum atomic E-state index is -2.00. The molecule has 0 spiro atoms. The average molecular weight is 1370 g/mol. The third-order valence-corrected chi connectivity index (χ3v) is 24.7. The lowest BCUT2D eigenvalue weighted by Gasteiger charge is -2.71. The molecule has 0 radical (unpaired) electrons. The van der Waals surface area contributed by atoms with Gasteiger partial charge >= 0.3 is 5.97 Å². The van der Waals surface area contributed by atoms with Crippen LogP contribution in [0, 0.1) is 50.2 Å². The van der Waals surface area contributed by atoms with Crippen molar-refractivity contribution in [2.24, 2.45) is 50.2 Å². The molecule has 546 valence electrons. The highest BCUT2D eigenvalue weighted by atomic mass is 16.8. The van der Waals surface area contributed by atoms with Gasteiger partial charge in [0.2, 0.25) is 6.29 Å². The summed E-state index contributed by atoms with van der Waals surface area (Å²) in [5.74, 6) is -1.12. The van der Waals surface area contributed by atoms with E-state index in [9.17, 15) is 91.9 Å². The summed E-state index contributed by atoms with van der Waals surface area (Å²) in [7, 11) is 0. The minimum absolute atomic E-state index is 0.0246. The Morgan fingerprint density at radius 3 is 1.72 bits per heavy atom. The normalized spacial score (nSPS) is 54.6. The summed E-state index contributed by atoms with van der Waals surface area (Å²) < 4.78 is 71.3. The maximum atomic E-state index is 15.6. The van der Waals surface area contributed by atoms with Crippen molar-refractivity contribution in [1.29, 1.82) is 0 Å². The van der Waals surface area contributed by atoms with E-state index in [-0.39, 0.29) is 29.6 Å². The van der Waals surface area contributed by atoms with Crippen LogP contribution in [0.3, 0.4) is 0 Å². The van der Waals surface area contributed by atoms with Gasteiger partial charge in [-0.2, -0.15) is 0 Å². The number of aliphatic hydroxyl groups is 18. The van der Waals surface area contributed by atoms with E-state index in [1.54, 1.807) is 0 Å². The molecular weight excluding hydrogens is 1260 g/mol. The number of carbonyl (C=O) groups is 1. The van der Waals surface area contributed by atoms with Gasteiger partial charge in [-0.3, -0.25) is 4.79 Å². The predicted molar refractivity (Wildman–Crippen MR) is 316 cm³/mol. The molecule has 4 saturated carbocycles. The van der Waals surface area contributed by atoms with Crippen molar-refractivity contribution in [2.75, 3.05) is 33.0 Å². The molecule has 0 bridgehead atoms. The zero-order valence-corrected chi connectivity index (χ0v) is 54.9. The largest absolute Gasteiger partial charge is 0.432 e. The fourth-order valence-electron chi connectivity index (χ4n) is 18.9. The Kier molecular flexibility index (Phi) is 21.6. The molecule has 0 amide bonds. The highest BCUT2D eigenvalue weighted by molar-refractivity contribution is 5.79. The quantitative estimate of drug-likeness (QED) is 0.0414. The van der Waals surface area contributed by atoms with Crippen molar-refractivity contribution in [3.05, 3.63) is 11.6 Å². The number of rotatable bonds is 15. The van der Waals surface area contributed by atoms with Gasteiger partial charge in [0.1, 0.15) is 122 Å². The maximum Gasteiger partial charge on any atom is 0.315 e. The van der Waals surface area contributed by atoms with Crippen LogP contribution in [-0.2, 0) is 61.6 Å². The molecule has 10 fully saturated rings. The van der Waals surface area contributed by atoms with E-state index in [1.165, 1.54) is 6.92 Å². The van der Waals surface area contributed by atoms with E-state index in [0.29, 0.717) is 44.9 Å². The molecule has 6 heterocycles. The summed E-state index contributed by atoms with van der Waals surface area (Å²) in [6.07, 6.45) is -42.3. The predicted octanol–water partition coefficient (Wildman–Crippen LogP) is -5.11. The topological polar surface area (TPSA) is 492 Å². The van der Waals surface area contributed by atoms with Crippen molar-refractivity contribution < 1.29 is 154 Å². The Bertz CT molecular complexity index is 2670. The Labute approximate surface area is 550 Å². The van der Waals surface area contributed by atoms with Gasteiger partial charge in [-0.05, 0) is 110 Å². The third-order valence-electron chi connectivity index (χ3n) is 24.7. The van der Waals surface area contributed by atoms with Crippen molar-refractivity contribution in [1.82, 2.24) is 0 Å². The summed E-state index contributed by atoms with van der Waals surface area (Å²) >= 11 is 0. The lowest BCUT2D eigenvalue weighted by atomic mass is 9.33. The standard InChI is InChI=1S/C64H104O31/c1-24-35(70)43(78)50(93-54-46(81)42(77)39(74)32(90-54)23-86-52-45(80)41(76)38(73)30(19-65)88-52)57(87-24)95-58(83)64-15-13-59(2,3)17-26(64)25-9-10-34-61(6)18-27(67)51(60(4,5)33(61)11-12-63(34,8)62(25,7)14-16-64)94-55-47(82)48(40(75)31(20-66)89-55)91-56-49(37(72)29(69)22-85-56)92-53-44(79)36(71)28(68)21-84-53/h9,24,26-57,65-82H,10-23H2,1-8H3. The zero-order chi connectivity index (χ0) is 69.3. The van der Waals surface area contributed by atoms with Crippen LogP contribution in [0.5, 0.6) is 0 Å². The van der Waals surface area contributed by atoms with Crippen molar-refractivity contribution >= 4 is 5.97 Å². The van der Waals surface area contributed by atoms with Crippen molar-refractivity contribution in [3.8, 4) is 0 Å². The van der Waals surface area contributed by atoms with Crippen molar-refractivity contribution in [3.63, 3.8) is 0 Å². The van der Waals surface area contributed by atoms with Gasteiger partial charge in [0.15, 0.2) is 37.6 Å². The van der Waals surface area contributed by atoms with Crippen LogP contribution in [0.2, 0.25) is 0 Å². The number of esters is 1. The first kappa shape index (κ1) is 74.2. The fourth-order valence-corrected chi connectivity index (χ4v) is 18.9. The number of ether oxygens (including phenoxy) is 12. The van der Waals surface area contributed by atoms with Gasteiger partial charge in [-0.1, -0.05) is 60.1 Å². The number of carbonyl (C=O) groups excluding carboxylic acids is 1. The van der Waals surface area contributed by atoms with Crippen LogP contribution in [-0.4, -0.2) is 315 Å². The molecule has 11 aliphatic rings. The molecule has 0 aromatic carbocycles. The summed E-state index contributed by atoms with van der Waals surface area (Å²) in [5.41, 5.74) is -2.53. The number of allylic oxidation sites excluding steroid dienone is 2. The maximum absolute atomic E-state index is 15.6. The molecule has 31 heteroatoms. The van der Waals surface area contributed by atoms with E-state index < -0.39 is 250 Å². The van der Waals surface area contributed by atoms with Gasteiger partial charge in [0, 0.05) is 0 Å². The zero-order valence-electron chi connectivity index (χ0n) is 54.9. The van der Waals surface area contributed by atoms with Crippen LogP contribution in [0.25, 0.3) is 0 Å². The number of hydrogen-bond donors (Lipinski definition) is 18. The molecule has 37 unspecified atom stereocenters. The van der Waals surface area contributed by atoms with E-state index in [1.807, 2.05) is 13.8 Å². The molecule has 11 rings (SSSR count). The van der Waals surface area contributed by atoms with Crippen molar-refractivity contribution in [2.45, 2.75) is 297 Å². The second-order valence-corrected chi connectivity index (χ2v) is 31.2. The van der Waals surface area contributed by atoms with E-state index in [4.69, 9.17) is 56.8 Å². The van der Waals surface area contributed by atoms with Crippen LogP contribution in [0.15, 0.2) is 11.6 Å². The van der Waals surface area contributed by atoms with E-state index in [0.717, 1.165) is 12.0 Å². The number of aliphatic hydroxyl groups excluding tert-OH is 18. The van der Waals surface area contributed by atoms with E-state index in [2.05, 4.69) is 40.7 Å². The summed E-state index contributed by atoms with van der Waals surface area (Å²) in [6.45, 7) is 13.4. The fraction of sp³-hybridized carbons (Fsp3) is 0.953. The minimum Gasteiger partial charge on any atom is -0.432 e. The second kappa shape index (κ2) is 27.7. The molecule has 18 N–H and O–H groups in total. The van der Waals surface area contributed by atoms with Gasteiger partial charge < -0.3 is 149 Å². The van der Waals surface area contributed by atoms with Gasteiger partial charge in [-0.15, -0.1) is 0 Å². The SMILES string of the molecule is CC1OC(OC(=O)C23CCC(C)(C)CC2C2=CCC4C5(C)CC(O)C(OC6OC(CO)C(O)C(OC7OCC(O)C(O)C7OC7OCC(O)C(O)C7O)C6O)C(C)(C)C5CCC4(C)C2(C)CC3)C(OC2OC(COC3OC(CO)C(O)C(O)C3O)C(O)C(O)C2O)C(O)C1O. The monoisotopic (exact) mass is 1370 g/mol. The number of fused-ring (bicyclic) bond motifs is 7. The first-order valence-electron chi connectivity index (χ1n) is 33.6. The van der Waals surface area contributed by atoms with Crippen LogP contribution < -0.4 is 0 Å². The molecule has 31 nitrogen and oxygen atoms in total. The molecule has 37 atom stereocenters. The van der Waals surface area contributed by atoms with Gasteiger partial charge in [0.05, 0.1) is 56.8 Å². The molecule has 0 aromatic heterocycles. The second-order valence-electron chi connectivity index (χ2n) is 31.2. The Morgan fingerprint density at radius 1 is 0.495 bits per heavy atom. The number of hydrogen-bond acceptors (Lipinski definition) is 31. The summed E-state index contributed by atoms with van der Waals surface area (Å²) in [6, 6.07) is 0. The molecule has 0 aromatic rings. The highest BCUT2D eigenvalue weighted by Crippen LogP contribution is 2.76. The van der Waals surface area contributed by atoms with Gasteiger partial charge in [-0.25, -0.2) is 0 Å². The average Bonchev–Trinajstić information content (AvgIpc) is 0.674.